The number of likely N-dealkylation sites (N-methyl/N-ethyl adjacent to an activating group) is 1. The van der Waals surface area contributed by atoms with Crippen molar-refractivity contribution in [3.05, 3.63) is 65.7 Å². The van der Waals surface area contributed by atoms with Gasteiger partial charge in [0.05, 0.1) is 0 Å². The Kier molecular flexibility index (Phi) is 10.8. The standard InChI is InChI=1S/C28H39N3O5/c1-6-8-18-29-25(33)24(21-16-12-13-17-23(21)32)31(7-2)26(34)22(19-20-14-10-9-11-15-20)30-27(35)36-28(3,4)5/h9-17,22,24,32H,6-8,18-19H2,1-5H3,(H,29,33)(H,30,35). The number of phenols is 1. The molecule has 8 nitrogen and oxygen atoms in total. The van der Waals surface area contributed by atoms with Gasteiger partial charge in [0.25, 0.3) is 0 Å². The first kappa shape index (κ1) is 28.7. The third-order valence-corrected chi connectivity index (χ3v) is 5.52. The molecule has 0 spiro atoms. The summed E-state index contributed by atoms with van der Waals surface area (Å²) in [5, 5.41) is 16.2. The van der Waals surface area contributed by atoms with Crippen molar-refractivity contribution in [2.75, 3.05) is 13.1 Å². The van der Waals surface area contributed by atoms with Crippen molar-refractivity contribution in [3.8, 4) is 5.75 Å². The van der Waals surface area contributed by atoms with Gasteiger partial charge in [0.2, 0.25) is 11.8 Å². The molecule has 2 aromatic rings. The van der Waals surface area contributed by atoms with Crippen molar-refractivity contribution < 1.29 is 24.2 Å². The predicted molar refractivity (Wildman–Crippen MR) is 139 cm³/mol. The van der Waals surface area contributed by atoms with Crippen molar-refractivity contribution in [3.63, 3.8) is 0 Å². The second-order valence-corrected chi connectivity index (χ2v) is 9.62. The Morgan fingerprint density at radius 3 is 2.22 bits per heavy atom. The van der Waals surface area contributed by atoms with Gasteiger partial charge in [-0.15, -0.1) is 0 Å². The number of alkyl carbamates (subject to hydrolysis) is 1. The average molecular weight is 498 g/mol. The van der Waals surface area contributed by atoms with Crippen LogP contribution in [0.1, 0.15) is 64.6 Å². The lowest BCUT2D eigenvalue weighted by Gasteiger charge is -2.34. The van der Waals surface area contributed by atoms with Gasteiger partial charge in [-0.05, 0) is 45.7 Å². The minimum absolute atomic E-state index is 0.0842. The summed E-state index contributed by atoms with van der Waals surface area (Å²) in [5.74, 6) is -0.930. The molecular formula is C28H39N3O5. The van der Waals surface area contributed by atoms with E-state index in [1.54, 1.807) is 45.9 Å². The number of unbranched alkanes of at least 4 members (excludes halogenated alkanes) is 1. The van der Waals surface area contributed by atoms with Crippen molar-refractivity contribution in [2.24, 2.45) is 0 Å². The third-order valence-electron chi connectivity index (χ3n) is 5.52. The van der Waals surface area contributed by atoms with Crippen molar-refractivity contribution in [1.82, 2.24) is 15.5 Å². The van der Waals surface area contributed by atoms with Gasteiger partial charge in [-0.3, -0.25) is 9.59 Å². The highest BCUT2D eigenvalue weighted by molar-refractivity contribution is 5.92. The number of ether oxygens (including phenoxy) is 1. The maximum atomic E-state index is 13.9. The summed E-state index contributed by atoms with van der Waals surface area (Å²) in [6, 6.07) is 13.7. The summed E-state index contributed by atoms with van der Waals surface area (Å²) in [6.07, 6.45) is 1.17. The number of carbonyl (C=O) groups is 3. The number of phenolic OH excluding ortho intramolecular Hbond substituents is 1. The molecular weight excluding hydrogens is 458 g/mol. The molecule has 0 saturated carbocycles. The monoisotopic (exact) mass is 497 g/mol. The van der Waals surface area contributed by atoms with Crippen LogP contribution >= 0.6 is 0 Å². The lowest BCUT2D eigenvalue weighted by Crippen LogP contribution is -2.53. The van der Waals surface area contributed by atoms with Gasteiger partial charge in [0.15, 0.2) is 0 Å². The first-order chi connectivity index (χ1) is 17.1. The second kappa shape index (κ2) is 13.5. The first-order valence-corrected chi connectivity index (χ1v) is 12.5. The Hall–Kier alpha value is -3.55. The van der Waals surface area contributed by atoms with Gasteiger partial charge < -0.3 is 25.4 Å². The normalized spacial score (nSPS) is 12.8. The van der Waals surface area contributed by atoms with E-state index in [1.165, 1.54) is 11.0 Å². The van der Waals surface area contributed by atoms with E-state index in [2.05, 4.69) is 10.6 Å². The van der Waals surface area contributed by atoms with E-state index in [0.717, 1.165) is 18.4 Å². The van der Waals surface area contributed by atoms with E-state index < -0.39 is 35.6 Å². The molecule has 36 heavy (non-hydrogen) atoms. The van der Waals surface area contributed by atoms with Crippen LogP contribution in [-0.2, 0) is 20.7 Å². The van der Waals surface area contributed by atoms with Crippen molar-refractivity contribution in [2.45, 2.75) is 71.6 Å². The first-order valence-electron chi connectivity index (χ1n) is 12.5. The fraction of sp³-hybridized carbons (Fsp3) is 0.464. The fourth-order valence-corrected chi connectivity index (χ4v) is 3.82. The number of aromatic hydroxyl groups is 1. The highest BCUT2D eigenvalue weighted by atomic mass is 16.6. The number of rotatable bonds is 11. The molecule has 0 aliphatic heterocycles. The molecule has 0 heterocycles. The van der Waals surface area contributed by atoms with Crippen LogP contribution in [0.25, 0.3) is 0 Å². The molecule has 0 bridgehead atoms. The van der Waals surface area contributed by atoms with Gasteiger partial charge in [0.1, 0.15) is 23.4 Å². The molecule has 0 aromatic heterocycles. The van der Waals surface area contributed by atoms with Crippen molar-refractivity contribution >= 4 is 17.9 Å². The zero-order chi connectivity index (χ0) is 26.7. The molecule has 2 aromatic carbocycles. The summed E-state index contributed by atoms with van der Waals surface area (Å²) in [6.45, 7) is 9.65. The number of para-hydroxylation sites is 1. The van der Waals surface area contributed by atoms with Gasteiger partial charge in [-0.25, -0.2) is 4.79 Å². The van der Waals surface area contributed by atoms with Crippen LogP contribution in [0.5, 0.6) is 5.75 Å². The molecule has 0 aliphatic rings. The Morgan fingerprint density at radius 1 is 1.00 bits per heavy atom. The van der Waals surface area contributed by atoms with Gasteiger partial charge in [-0.1, -0.05) is 61.9 Å². The number of nitrogens with zero attached hydrogens (tertiary/aromatic N) is 1. The largest absolute Gasteiger partial charge is 0.508 e. The molecule has 3 amide bonds. The molecule has 8 heteroatoms. The summed E-state index contributed by atoms with van der Waals surface area (Å²) in [5.41, 5.74) is 0.416. The summed E-state index contributed by atoms with van der Waals surface area (Å²) < 4.78 is 5.41. The van der Waals surface area contributed by atoms with E-state index >= 15 is 0 Å². The highest BCUT2D eigenvalue weighted by Gasteiger charge is 2.36. The number of benzene rings is 2. The van der Waals surface area contributed by atoms with Crippen LogP contribution < -0.4 is 10.6 Å². The molecule has 2 rings (SSSR count). The van der Waals surface area contributed by atoms with E-state index in [-0.39, 0.29) is 18.7 Å². The molecule has 0 saturated heterocycles. The van der Waals surface area contributed by atoms with E-state index in [0.29, 0.717) is 12.1 Å². The highest BCUT2D eigenvalue weighted by Crippen LogP contribution is 2.29. The maximum Gasteiger partial charge on any atom is 0.408 e. The van der Waals surface area contributed by atoms with Crippen molar-refractivity contribution in [1.29, 1.82) is 0 Å². The smallest absolute Gasteiger partial charge is 0.408 e. The summed E-state index contributed by atoms with van der Waals surface area (Å²) in [4.78, 5) is 41.3. The van der Waals surface area contributed by atoms with E-state index in [1.807, 2.05) is 37.3 Å². The van der Waals surface area contributed by atoms with Crippen LogP contribution in [0, 0.1) is 0 Å². The number of hydrogen-bond acceptors (Lipinski definition) is 5. The van der Waals surface area contributed by atoms with Crippen LogP contribution in [0.3, 0.4) is 0 Å². The molecule has 0 aliphatic carbocycles. The van der Waals surface area contributed by atoms with Crippen LogP contribution in [-0.4, -0.2) is 52.6 Å². The van der Waals surface area contributed by atoms with Gasteiger partial charge in [0, 0.05) is 25.1 Å². The van der Waals surface area contributed by atoms with Gasteiger partial charge >= 0.3 is 6.09 Å². The fourth-order valence-electron chi connectivity index (χ4n) is 3.82. The molecule has 196 valence electrons. The maximum absolute atomic E-state index is 13.9. The Labute approximate surface area is 214 Å². The Bertz CT molecular complexity index is 1000. The second-order valence-electron chi connectivity index (χ2n) is 9.62. The lowest BCUT2D eigenvalue weighted by molar-refractivity contribution is -0.142. The summed E-state index contributed by atoms with van der Waals surface area (Å²) >= 11 is 0. The zero-order valence-electron chi connectivity index (χ0n) is 21.9. The number of hydrogen-bond donors (Lipinski definition) is 3. The SMILES string of the molecule is CCCCNC(=O)C(c1ccccc1O)N(CC)C(=O)C(Cc1ccccc1)NC(=O)OC(C)(C)C. The predicted octanol–water partition coefficient (Wildman–Crippen LogP) is 4.33. The number of carbonyl (C=O) groups excluding carboxylic acids is 3. The molecule has 2 atom stereocenters. The van der Waals surface area contributed by atoms with Gasteiger partial charge in [-0.2, -0.15) is 0 Å². The minimum atomic E-state index is -1.07. The minimum Gasteiger partial charge on any atom is -0.508 e. The molecule has 3 N–H and O–H groups in total. The summed E-state index contributed by atoms with van der Waals surface area (Å²) in [7, 11) is 0. The topological polar surface area (TPSA) is 108 Å². The number of amides is 3. The van der Waals surface area contributed by atoms with Crippen LogP contribution in [0.4, 0.5) is 4.79 Å². The van der Waals surface area contributed by atoms with E-state index in [4.69, 9.17) is 4.74 Å². The average Bonchev–Trinajstić information content (AvgIpc) is 2.82. The third kappa shape index (κ3) is 8.59. The molecule has 0 fully saturated rings. The Morgan fingerprint density at radius 2 is 1.64 bits per heavy atom. The number of nitrogens with one attached hydrogen (secondary N) is 2. The quantitative estimate of drug-likeness (QED) is 0.401. The van der Waals surface area contributed by atoms with E-state index in [9.17, 15) is 19.5 Å². The zero-order valence-corrected chi connectivity index (χ0v) is 21.9. The lowest BCUT2D eigenvalue weighted by atomic mass is 9.99. The Balaban J connectivity index is 2.44. The van der Waals surface area contributed by atoms with Crippen LogP contribution in [0.2, 0.25) is 0 Å². The molecule has 0 radical (unpaired) electrons. The van der Waals surface area contributed by atoms with Crippen LogP contribution in [0.15, 0.2) is 54.6 Å². The molecule has 2 unspecified atom stereocenters.